The maximum absolute atomic E-state index is 13.4. The van der Waals surface area contributed by atoms with Gasteiger partial charge in [-0.2, -0.15) is 0 Å². The molecule has 0 spiro atoms. The molecule has 108 valence electrons. The van der Waals surface area contributed by atoms with Crippen molar-refractivity contribution in [3.05, 3.63) is 71.0 Å². The van der Waals surface area contributed by atoms with Crippen LogP contribution in [0.2, 0.25) is 0 Å². The zero-order valence-corrected chi connectivity index (χ0v) is 11.6. The molecule has 2 rings (SSSR count). The van der Waals surface area contributed by atoms with Crippen LogP contribution in [0.4, 0.5) is 4.39 Å². The second kappa shape index (κ2) is 6.79. The summed E-state index contributed by atoms with van der Waals surface area (Å²) < 4.78 is 18.3. The monoisotopic (exact) mass is 286 g/mol. The van der Waals surface area contributed by atoms with Gasteiger partial charge in [-0.3, -0.25) is 4.79 Å². The van der Waals surface area contributed by atoms with E-state index in [1.165, 1.54) is 18.2 Å². The number of hydrogen-bond acceptors (Lipinski definition) is 3. The third-order valence-corrected chi connectivity index (χ3v) is 3.11. The second-order valence-corrected chi connectivity index (χ2v) is 4.53. The molecule has 0 bridgehead atoms. The standard InChI is InChI=1S/C17H15FO3/c1-2-12-7-9-13(10-8-12)17(20)21-11-16(19)14-5-3-4-6-15(14)18/h3-10H,2,11H2,1H3. The van der Waals surface area contributed by atoms with Crippen molar-refractivity contribution >= 4 is 11.8 Å². The van der Waals surface area contributed by atoms with Gasteiger partial charge in [0.05, 0.1) is 11.1 Å². The highest BCUT2D eigenvalue weighted by molar-refractivity contribution is 5.99. The van der Waals surface area contributed by atoms with E-state index in [4.69, 9.17) is 4.74 Å². The molecule has 0 saturated heterocycles. The summed E-state index contributed by atoms with van der Waals surface area (Å²) in [5.41, 5.74) is 1.40. The van der Waals surface area contributed by atoms with Crippen LogP contribution >= 0.6 is 0 Å². The SMILES string of the molecule is CCc1ccc(C(=O)OCC(=O)c2ccccc2F)cc1. The molecular weight excluding hydrogens is 271 g/mol. The number of ketones is 1. The highest BCUT2D eigenvalue weighted by atomic mass is 19.1. The van der Waals surface area contributed by atoms with Crippen molar-refractivity contribution in [1.82, 2.24) is 0 Å². The highest BCUT2D eigenvalue weighted by Gasteiger charge is 2.14. The minimum Gasteiger partial charge on any atom is -0.454 e. The zero-order chi connectivity index (χ0) is 15.2. The Hall–Kier alpha value is -2.49. The third kappa shape index (κ3) is 3.75. The lowest BCUT2D eigenvalue weighted by Gasteiger charge is -2.05. The summed E-state index contributed by atoms with van der Waals surface area (Å²) in [6, 6.07) is 12.6. The van der Waals surface area contributed by atoms with Crippen LogP contribution in [0.3, 0.4) is 0 Å². The Balaban J connectivity index is 1.97. The van der Waals surface area contributed by atoms with Gasteiger partial charge in [-0.05, 0) is 36.2 Å². The molecule has 0 heterocycles. The maximum Gasteiger partial charge on any atom is 0.338 e. The van der Waals surface area contributed by atoms with Crippen molar-refractivity contribution in [2.75, 3.05) is 6.61 Å². The molecule has 0 aromatic heterocycles. The fourth-order valence-corrected chi connectivity index (χ4v) is 1.86. The number of esters is 1. The number of halogens is 1. The summed E-state index contributed by atoms with van der Waals surface area (Å²) in [4.78, 5) is 23.6. The number of benzene rings is 2. The molecule has 0 fully saturated rings. The predicted molar refractivity (Wildman–Crippen MR) is 76.8 cm³/mol. The van der Waals surface area contributed by atoms with Crippen molar-refractivity contribution < 1.29 is 18.7 Å². The van der Waals surface area contributed by atoms with Gasteiger partial charge in [0.25, 0.3) is 0 Å². The quantitative estimate of drug-likeness (QED) is 0.624. The molecule has 4 heteroatoms. The van der Waals surface area contributed by atoms with Crippen molar-refractivity contribution in [3.63, 3.8) is 0 Å². The molecular formula is C17H15FO3. The molecule has 0 aliphatic carbocycles. The summed E-state index contributed by atoms with van der Waals surface area (Å²) >= 11 is 0. The normalized spacial score (nSPS) is 10.2. The first kappa shape index (κ1) is 14.9. The molecule has 0 amide bonds. The van der Waals surface area contributed by atoms with E-state index in [-0.39, 0.29) is 5.56 Å². The van der Waals surface area contributed by atoms with E-state index < -0.39 is 24.2 Å². The molecule has 0 radical (unpaired) electrons. The Kier molecular flexibility index (Phi) is 4.82. The van der Waals surface area contributed by atoms with Gasteiger partial charge in [-0.1, -0.05) is 31.2 Å². The van der Waals surface area contributed by atoms with E-state index in [9.17, 15) is 14.0 Å². The van der Waals surface area contributed by atoms with Crippen LogP contribution in [0.15, 0.2) is 48.5 Å². The largest absolute Gasteiger partial charge is 0.454 e. The van der Waals surface area contributed by atoms with Crippen molar-refractivity contribution in [3.8, 4) is 0 Å². The molecule has 0 aliphatic rings. The average Bonchev–Trinajstić information content (AvgIpc) is 2.52. The molecule has 0 unspecified atom stereocenters. The lowest BCUT2D eigenvalue weighted by atomic mass is 10.1. The number of carbonyl (C=O) groups is 2. The van der Waals surface area contributed by atoms with Crippen LogP contribution in [0.25, 0.3) is 0 Å². The number of aryl methyl sites for hydroxylation is 1. The van der Waals surface area contributed by atoms with Crippen LogP contribution in [-0.2, 0) is 11.2 Å². The Bertz CT molecular complexity index is 647. The summed E-state index contributed by atoms with van der Waals surface area (Å²) in [7, 11) is 0. The molecule has 2 aromatic rings. The maximum atomic E-state index is 13.4. The number of ether oxygens (including phenoxy) is 1. The molecule has 0 N–H and O–H groups in total. The summed E-state index contributed by atoms with van der Waals surface area (Å²) in [6.07, 6.45) is 0.876. The molecule has 2 aromatic carbocycles. The van der Waals surface area contributed by atoms with Crippen LogP contribution in [0.1, 0.15) is 33.2 Å². The van der Waals surface area contributed by atoms with Gasteiger partial charge in [0.2, 0.25) is 5.78 Å². The summed E-state index contributed by atoms with van der Waals surface area (Å²) in [5, 5.41) is 0. The van der Waals surface area contributed by atoms with Gasteiger partial charge in [0, 0.05) is 0 Å². The molecule has 21 heavy (non-hydrogen) atoms. The van der Waals surface area contributed by atoms with Gasteiger partial charge >= 0.3 is 5.97 Å². The van der Waals surface area contributed by atoms with E-state index >= 15 is 0 Å². The van der Waals surface area contributed by atoms with Crippen LogP contribution < -0.4 is 0 Å². The lowest BCUT2D eigenvalue weighted by molar-refractivity contribution is 0.0473. The van der Waals surface area contributed by atoms with E-state index in [1.807, 2.05) is 19.1 Å². The van der Waals surface area contributed by atoms with E-state index in [0.29, 0.717) is 5.56 Å². The van der Waals surface area contributed by atoms with Crippen molar-refractivity contribution in [1.29, 1.82) is 0 Å². The molecule has 0 atom stereocenters. The van der Waals surface area contributed by atoms with Crippen LogP contribution in [0.5, 0.6) is 0 Å². The minimum absolute atomic E-state index is 0.0772. The van der Waals surface area contributed by atoms with Crippen LogP contribution in [0, 0.1) is 5.82 Å². The van der Waals surface area contributed by atoms with Gasteiger partial charge < -0.3 is 4.74 Å². The van der Waals surface area contributed by atoms with E-state index in [0.717, 1.165) is 12.0 Å². The van der Waals surface area contributed by atoms with E-state index in [1.54, 1.807) is 18.2 Å². The number of carbonyl (C=O) groups excluding carboxylic acids is 2. The van der Waals surface area contributed by atoms with Crippen LogP contribution in [-0.4, -0.2) is 18.4 Å². The first-order valence-corrected chi connectivity index (χ1v) is 6.65. The van der Waals surface area contributed by atoms with Gasteiger partial charge in [-0.25, -0.2) is 9.18 Å². The third-order valence-electron chi connectivity index (χ3n) is 3.11. The smallest absolute Gasteiger partial charge is 0.338 e. The Morgan fingerprint density at radius 1 is 1.05 bits per heavy atom. The first-order chi connectivity index (χ1) is 10.1. The Labute approximate surface area is 122 Å². The lowest BCUT2D eigenvalue weighted by Crippen LogP contribution is -2.15. The molecule has 3 nitrogen and oxygen atoms in total. The van der Waals surface area contributed by atoms with E-state index in [2.05, 4.69) is 0 Å². The Morgan fingerprint density at radius 3 is 2.33 bits per heavy atom. The molecule has 0 saturated carbocycles. The number of Topliss-reactive ketones (excluding diaryl/α,β-unsaturated/α-hetero) is 1. The first-order valence-electron chi connectivity index (χ1n) is 6.65. The summed E-state index contributed by atoms with van der Waals surface area (Å²) in [5.74, 6) is -1.78. The van der Waals surface area contributed by atoms with Gasteiger partial charge in [0.1, 0.15) is 5.82 Å². The van der Waals surface area contributed by atoms with Gasteiger partial charge in [-0.15, -0.1) is 0 Å². The highest BCUT2D eigenvalue weighted by Crippen LogP contribution is 2.09. The number of hydrogen-bond donors (Lipinski definition) is 0. The average molecular weight is 286 g/mol. The minimum atomic E-state index is -0.620. The fourth-order valence-electron chi connectivity index (χ4n) is 1.86. The summed E-state index contributed by atoms with van der Waals surface area (Å²) in [6.45, 7) is 1.54. The van der Waals surface area contributed by atoms with Gasteiger partial charge in [0.15, 0.2) is 6.61 Å². The Morgan fingerprint density at radius 2 is 1.71 bits per heavy atom. The second-order valence-electron chi connectivity index (χ2n) is 4.53. The molecule has 0 aliphatic heterocycles. The van der Waals surface area contributed by atoms with Crippen molar-refractivity contribution in [2.24, 2.45) is 0 Å². The van der Waals surface area contributed by atoms with Crippen molar-refractivity contribution in [2.45, 2.75) is 13.3 Å². The topological polar surface area (TPSA) is 43.4 Å². The fraction of sp³-hybridized carbons (Fsp3) is 0.176. The zero-order valence-electron chi connectivity index (χ0n) is 11.6. The predicted octanol–water partition coefficient (Wildman–Crippen LogP) is 3.43. The number of rotatable bonds is 5.